The van der Waals surface area contributed by atoms with Crippen molar-refractivity contribution in [2.75, 3.05) is 0 Å². The molecule has 0 unspecified atom stereocenters. The summed E-state index contributed by atoms with van der Waals surface area (Å²) in [6, 6.07) is 26.0. The number of nitrogens with one attached hydrogen (secondary N) is 6. The van der Waals surface area contributed by atoms with Crippen LogP contribution >= 0.6 is 0 Å². The van der Waals surface area contributed by atoms with Crippen molar-refractivity contribution in [3.8, 4) is 23.0 Å². The second-order valence-corrected chi connectivity index (χ2v) is 15.5. The van der Waals surface area contributed by atoms with Gasteiger partial charge in [0.05, 0.1) is 15.8 Å². The fourth-order valence-corrected chi connectivity index (χ4v) is 7.66. The molecule has 2 aliphatic rings. The predicted molar refractivity (Wildman–Crippen MR) is 191 cm³/mol. The minimum atomic E-state index is -3.90. The van der Waals surface area contributed by atoms with E-state index >= 15 is 0 Å². The lowest BCUT2D eigenvalue weighted by Crippen LogP contribution is -2.59. The molecule has 0 bridgehead atoms. The average molecular weight is 765 g/mol. The maximum absolute atomic E-state index is 12.6. The van der Waals surface area contributed by atoms with Gasteiger partial charge in [0.25, 0.3) is 11.8 Å². The summed E-state index contributed by atoms with van der Waals surface area (Å²) in [7, 11) is -7.77. The number of hydrogen-bond acceptors (Lipinski definition) is 10. The van der Waals surface area contributed by atoms with Gasteiger partial charge in [-0.2, -0.15) is 0 Å². The minimum Gasteiger partial charge on any atom is -0.457 e. The van der Waals surface area contributed by atoms with Crippen LogP contribution in [0.15, 0.2) is 119 Å². The molecule has 4 aromatic rings. The summed E-state index contributed by atoms with van der Waals surface area (Å²) in [6.45, 7) is 4.47. The van der Waals surface area contributed by atoms with Crippen molar-refractivity contribution < 1.29 is 45.5 Å². The van der Waals surface area contributed by atoms with E-state index in [-0.39, 0.29) is 9.79 Å². The Balaban J connectivity index is 0.000000204. The van der Waals surface area contributed by atoms with Gasteiger partial charge in [0, 0.05) is 6.04 Å². The summed E-state index contributed by atoms with van der Waals surface area (Å²) in [5, 5.41) is 8.98. The highest BCUT2D eigenvalue weighted by Crippen LogP contribution is 2.25. The van der Waals surface area contributed by atoms with Crippen molar-refractivity contribution >= 4 is 43.9 Å². The van der Waals surface area contributed by atoms with Crippen molar-refractivity contribution in [3.63, 3.8) is 0 Å². The highest BCUT2D eigenvalue weighted by molar-refractivity contribution is 7.89. The van der Waals surface area contributed by atoms with Crippen LogP contribution in [0.2, 0.25) is 0 Å². The summed E-state index contributed by atoms with van der Waals surface area (Å²) < 4.78 is 66.2. The lowest BCUT2D eigenvalue weighted by molar-refractivity contribution is -0.124. The Hall–Kier alpha value is -5.82. The molecular weight excluding hydrogens is 729 g/mol. The van der Waals surface area contributed by atoms with Crippen LogP contribution in [0.4, 0.5) is 9.59 Å². The van der Waals surface area contributed by atoms with Crippen molar-refractivity contribution in [2.24, 2.45) is 0 Å². The molecule has 4 atom stereocenters. The zero-order valence-electron chi connectivity index (χ0n) is 28.5. The van der Waals surface area contributed by atoms with Gasteiger partial charge in [0.1, 0.15) is 34.6 Å². The number of sulfonamides is 2. The smallest absolute Gasteiger partial charge is 0.322 e. The SMILES string of the molecule is C[C@@H](NS(=O)(=O)c1ccc(Oc2ccccc2)cc1)[C@@H]1NC(=O)NC1=O.C[C@@H](NS(=O)(=O)c1ccc(Oc2ccccc2)cc1)[C@]1(C)NC(=O)NC1=O. The van der Waals surface area contributed by atoms with Crippen molar-refractivity contribution in [2.45, 2.75) is 54.2 Å². The molecule has 6 rings (SSSR count). The summed E-state index contributed by atoms with van der Waals surface area (Å²) in [4.78, 5) is 46.1. The van der Waals surface area contributed by atoms with Crippen LogP contribution in [0.25, 0.3) is 0 Å². The third-order valence-corrected chi connectivity index (χ3v) is 11.3. The van der Waals surface area contributed by atoms with E-state index < -0.39 is 67.6 Å². The fourth-order valence-electron chi connectivity index (χ4n) is 5.07. The van der Waals surface area contributed by atoms with E-state index in [1.165, 1.54) is 69.3 Å². The topological polar surface area (TPSA) is 227 Å². The van der Waals surface area contributed by atoms with Crippen LogP contribution in [0, 0.1) is 0 Å². The van der Waals surface area contributed by atoms with Gasteiger partial charge in [0.2, 0.25) is 20.0 Å². The molecule has 2 heterocycles. The Morgan fingerprint density at radius 3 is 1.43 bits per heavy atom. The number of para-hydroxylation sites is 2. The molecule has 0 aromatic heterocycles. The molecule has 0 spiro atoms. The third-order valence-electron chi connectivity index (χ3n) is 8.14. The number of carbonyl (C=O) groups is 4. The highest BCUT2D eigenvalue weighted by Gasteiger charge is 2.47. The number of amides is 6. The number of hydrogen-bond donors (Lipinski definition) is 6. The zero-order chi connectivity index (χ0) is 38.4. The summed E-state index contributed by atoms with van der Waals surface area (Å²) >= 11 is 0. The number of carbonyl (C=O) groups excluding carboxylic acids is 4. The lowest BCUT2D eigenvalue weighted by Gasteiger charge is -2.28. The summed E-state index contributed by atoms with van der Waals surface area (Å²) in [6.07, 6.45) is 0. The monoisotopic (exact) mass is 764 g/mol. The van der Waals surface area contributed by atoms with Crippen LogP contribution in [0.3, 0.4) is 0 Å². The molecule has 2 fully saturated rings. The van der Waals surface area contributed by atoms with Crippen molar-refractivity contribution in [1.29, 1.82) is 0 Å². The quantitative estimate of drug-likeness (QED) is 0.116. The number of urea groups is 2. The minimum absolute atomic E-state index is 0.0168. The Morgan fingerprint density at radius 1 is 0.604 bits per heavy atom. The van der Waals surface area contributed by atoms with Crippen molar-refractivity contribution in [3.05, 3.63) is 109 Å². The molecule has 0 saturated carbocycles. The van der Waals surface area contributed by atoms with Gasteiger partial charge < -0.3 is 20.1 Å². The van der Waals surface area contributed by atoms with Gasteiger partial charge in [-0.05, 0) is 93.6 Å². The Morgan fingerprint density at radius 2 is 1.04 bits per heavy atom. The predicted octanol–water partition coefficient (Wildman–Crippen LogP) is 3.10. The first-order valence-corrected chi connectivity index (χ1v) is 19.0. The van der Waals surface area contributed by atoms with Gasteiger partial charge in [-0.3, -0.25) is 20.2 Å². The van der Waals surface area contributed by atoms with E-state index in [0.717, 1.165) is 0 Å². The second-order valence-electron chi connectivity index (χ2n) is 12.1. The van der Waals surface area contributed by atoms with E-state index in [2.05, 4.69) is 30.7 Å². The molecule has 2 aliphatic heterocycles. The summed E-state index contributed by atoms with van der Waals surface area (Å²) in [5.74, 6) is 1.09. The zero-order valence-corrected chi connectivity index (χ0v) is 30.2. The van der Waals surface area contributed by atoms with E-state index in [1.54, 1.807) is 24.3 Å². The lowest BCUT2D eigenvalue weighted by atomic mass is 9.95. The Bertz CT molecular complexity index is 2190. The molecule has 53 heavy (non-hydrogen) atoms. The van der Waals surface area contributed by atoms with Crippen LogP contribution < -0.4 is 40.2 Å². The fraction of sp³-hybridized carbons (Fsp3) is 0.200. The van der Waals surface area contributed by atoms with Crippen LogP contribution in [-0.4, -0.2) is 64.4 Å². The molecule has 18 heteroatoms. The van der Waals surface area contributed by atoms with Gasteiger partial charge in [-0.25, -0.2) is 35.9 Å². The molecule has 278 valence electrons. The van der Waals surface area contributed by atoms with E-state index in [1.807, 2.05) is 36.4 Å². The largest absolute Gasteiger partial charge is 0.457 e. The van der Waals surface area contributed by atoms with E-state index in [4.69, 9.17) is 9.47 Å². The van der Waals surface area contributed by atoms with Gasteiger partial charge in [-0.15, -0.1) is 0 Å². The van der Waals surface area contributed by atoms with Gasteiger partial charge in [-0.1, -0.05) is 36.4 Å². The number of ether oxygens (including phenoxy) is 2. The molecule has 6 N–H and O–H groups in total. The first kappa shape index (κ1) is 38.4. The maximum Gasteiger partial charge on any atom is 0.322 e. The van der Waals surface area contributed by atoms with Crippen LogP contribution in [-0.2, 0) is 29.6 Å². The van der Waals surface area contributed by atoms with Crippen LogP contribution in [0.5, 0.6) is 23.0 Å². The maximum atomic E-state index is 12.6. The first-order valence-electron chi connectivity index (χ1n) is 16.0. The molecule has 2 saturated heterocycles. The molecule has 16 nitrogen and oxygen atoms in total. The Labute approximate surface area is 305 Å². The molecule has 0 aliphatic carbocycles. The highest BCUT2D eigenvalue weighted by atomic mass is 32.2. The summed E-state index contributed by atoms with van der Waals surface area (Å²) in [5.41, 5.74) is -1.37. The van der Waals surface area contributed by atoms with Gasteiger partial charge >= 0.3 is 12.1 Å². The number of rotatable bonds is 12. The molecule has 6 amide bonds. The standard InChI is InChI=1S/C18H19N3O5S.C17H17N3O5S/c1-12(18(2)16(22)19-17(23)20-18)21-27(24,25)15-10-8-14(9-11-15)26-13-6-4-3-5-7-13;1-11(15-16(21)19-17(22)18-15)20-26(23,24)14-9-7-13(8-10-14)25-12-5-3-2-4-6-12/h3-12,21H,1-2H3,(H2,19,20,22,23);2-11,15,20H,1H3,(H2,18,19,21,22)/t12-,18+;11-,15+/m11/s1. The van der Waals surface area contributed by atoms with Gasteiger partial charge in [0.15, 0.2) is 0 Å². The van der Waals surface area contributed by atoms with Crippen molar-refractivity contribution in [1.82, 2.24) is 30.7 Å². The van der Waals surface area contributed by atoms with E-state index in [0.29, 0.717) is 23.0 Å². The normalized spacial score (nSPS) is 19.4. The average Bonchev–Trinajstić information content (AvgIpc) is 3.60. The molecule has 4 aromatic carbocycles. The van der Waals surface area contributed by atoms with Crippen LogP contribution in [0.1, 0.15) is 20.8 Å². The number of imide groups is 2. The molecule has 0 radical (unpaired) electrons. The van der Waals surface area contributed by atoms with E-state index in [9.17, 15) is 36.0 Å². The molecular formula is C35H36N6O10S2. The number of benzene rings is 4. The second kappa shape index (κ2) is 15.8. The first-order chi connectivity index (χ1) is 25.1. The third kappa shape index (κ3) is 9.54. The Kier molecular flexibility index (Phi) is 11.5.